The monoisotopic (exact) mass is 305 g/mol. The summed E-state index contributed by atoms with van der Waals surface area (Å²) < 4.78 is 6.89. The van der Waals surface area contributed by atoms with Gasteiger partial charge in [-0.3, -0.25) is 4.68 Å². The zero-order chi connectivity index (χ0) is 13.8. The van der Waals surface area contributed by atoms with E-state index in [-0.39, 0.29) is 6.61 Å². The maximum Gasteiger partial charge on any atom is 0.357 e. The number of ether oxygens (including phenoxy) is 1. The van der Waals surface area contributed by atoms with E-state index in [0.717, 1.165) is 10.6 Å². The molecule has 5 nitrogen and oxygen atoms in total. The number of thiazole rings is 1. The lowest BCUT2D eigenvalue weighted by molar-refractivity contribution is 0.0482. The summed E-state index contributed by atoms with van der Waals surface area (Å²) >= 11 is 3.05. The number of aromatic nitrogens is 3. The molecule has 0 aliphatic rings. The zero-order valence-corrected chi connectivity index (χ0v) is 12.1. The van der Waals surface area contributed by atoms with Gasteiger partial charge in [0.25, 0.3) is 0 Å². The Balaban J connectivity index is 1.57. The Morgan fingerprint density at radius 1 is 1.40 bits per heavy atom. The second-order valence-corrected chi connectivity index (χ2v) is 5.59. The molecular formula is C13H11N3O2S2. The molecule has 0 unspecified atom stereocenters. The Labute approximate surface area is 123 Å². The summed E-state index contributed by atoms with van der Waals surface area (Å²) in [6, 6.07) is 3.81. The third-order valence-electron chi connectivity index (χ3n) is 2.59. The molecule has 0 fully saturated rings. The van der Waals surface area contributed by atoms with Gasteiger partial charge in [-0.15, -0.1) is 11.3 Å². The first-order chi connectivity index (χ1) is 9.83. The lowest BCUT2D eigenvalue weighted by Crippen LogP contribution is -2.12. The third kappa shape index (κ3) is 2.94. The van der Waals surface area contributed by atoms with Crippen molar-refractivity contribution in [1.82, 2.24) is 14.8 Å². The summed E-state index contributed by atoms with van der Waals surface area (Å²) in [5, 5.41) is 10.6. The molecule has 0 bridgehead atoms. The minimum absolute atomic E-state index is 0.284. The highest BCUT2D eigenvalue weighted by atomic mass is 32.1. The van der Waals surface area contributed by atoms with Crippen molar-refractivity contribution < 1.29 is 9.53 Å². The van der Waals surface area contributed by atoms with Crippen LogP contribution in [0.1, 0.15) is 10.5 Å². The van der Waals surface area contributed by atoms with Gasteiger partial charge < -0.3 is 4.74 Å². The van der Waals surface area contributed by atoms with Crippen LogP contribution in [0.5, 0.6) is 0 Å². The van der Waals surface area contributed by atoms with Crippen LogP contribution in [0.2, 0.25) is 0 Å². The Kier molecular flexibility index (Phi) is 3.89. The molecule has 3 rings (SSSR count). The number of hydrogen-bond acceptors (Lipinski definition) is 6. The van der Waals surface area contributed by atoms with Crippen LogP contribution >= 0.6 is 22.7 Å². The highest BCUT2D eigenvalue weighted by molar-refractivity contribution is 7.14. The fourth-order valence-corrected chi connectivity index (χ4v) is 3.13. The SMILES string of the molecule is O=C(OCCn1cccn1)c1csc(-c2ccsc2)n1. The van der Waals surface area contributed by atoms with Gasteiger partial charge in [-0.05, 0) is 17.5 Å². The van der Waals surface area contributed by atoms with E-state index in [9.17, 15) is 4.79 Å². The molecule has 0 spiro atoms. The summed E-state index contributed by atoms with van der Waals surface area (Å²) in [5.41, 5.74) is 1.40. The Hall–Kier alpha value is -1.99. The second kappa shape index (κ2) is 5.98. The van der Waals surface area contributed by atoms with E-state index in [4.69, 9.17) is 4.74 Å². The van der Waals surface area contributed by atoms with Gasteiger partial charge in [0, 0.05) is 28.7 Å². The quantitative estimate of drug-likeness (QED) is 0.680. The Bertz CT molecular complexity index is 674. The van der Waals surface area contributed by atoms with Crippen molar-refractivity contribution >= 4 is 28.6 Å². The predicted molar refractivity (Wildman–Crippen MR) is 77.9 cm³/mol. The molecule has 20 heavy (non-hydrogen) atoms. The molecule has 0 saturated carbocycles. The first-order valence-electron chi connectivity index (χ1n) is 5.95. The van der Waals surface area contributed by atoms with Crippen LogP contribution in [0.25, 0.3) is 10.6 Å². The van der Waals surface area contributed by atoms with Gasteiger partial charge in [0.05, 0.1) is 6.54 Å². The standard InChI is InChI=1S/C13H11N3O2S2/c17-13(18-6-5-16-4-1-3-14-16)11-9-20-12(15-11)10-2-7-19-8-10/h1-4,7-9H,5-6H2. The number of hydrogen-bond donors (Lipinski definition) is 0. The van der Waals surface area contributed by atoms with E-state index in [1.165, 1.54) is 11.3 Å². The summed E-state index contributed by atoms with van der Waals surface area (Å²) in [6.07, 6.45) is 3.51. The van der Waals surface area contributed by atoms with E-state index in [0.29, 0.717) is 12.2 Å². The smallest absolute Gasteiger partial charge is 0.357 e. The van der Waals surface area contributed by atoms with Crippen LogP contribution in [0, 0.1) is 0 Å². The highest BCUT2D eigenvalue weighted by Crippen LogP contribution is 2.25. The van der Waals surface area contributed by atoms with Crippen LogP contribution in [-0.4, -0.2) is 27.3 Å². The molecule has 0 aliphatic heterocycles. The zero-order valence-electron chi connectivity index (χ0n) is 10.4. The lowest BCUT2D eigenvalue weighted by atomic mass is 10.3. The first kappa shape index (κ1) is 13.0. The van der Waals surface area contributed by atoms with Crippen molar-refractivity contribution in [2.75, 3.05) is 6.61 Å². The maximum absolute atomic E-state index is 11.9. The number of nitrogens with zero attached hydrogens (tertiary/aromatic N) is 3. The molecule has 0 N–H and O–H groups in total. The van der Waals surface area contributed by atoms with Crippen LogP contribution in [-0.2, 0) is 11.3 Å². The van der Waals surface area contributed by atoms with Crippen molar-refractivity contribution in [3.05, 3.63) is 46.4 Å². The van der Waals surface area contributed by atoms with E-state index >= 15 is 0 Å². The molecule has 102 valence electrons. The van der Waals surface area contributed by atoms with Crippen LogP contribution in [0.4, 0.5) is 0 Å². The number of rotatable bonds is 5. The van der Waals surface area contributed by atoms with Gasteiger partial charge in [-0.2, -0.15) is 16.4 Å². The Morgan fingerprint density at radius 3 is 3.10 bits per heavy atom. The van der Waals surface area contributed by atoms with Crippen molar-refractivity contribution in [3.8, 4) is 10.6 Å². The van der Waals surface area contributed by atoms with E-state index in [1.807, 2.05) is 29.1 Å². The van der Waals surface area contributed by atoms with Gasteiger partial charge in [0.1, 0.15) is 11.6 Å². The van der Waals surface area contributed by atoms with Crippen LogP contribution in [0.3, 0.4) is 0 Å². The first-order valence-corrected chi connectivity index (χ1v) is 7.78. The Morgan fingerprint density at radius 2 is 2.35 bits per heavy atom. The summed E-state index contributed by atoms with van der Waals surface area (Å²) in [6.45, 7) is 0.825. The van der Waals surface area contributed by atoms with Gasteiger partial charge in [0.2, 0.25) is 0 Å². The van der Waals surface area contributed by atoms with Crippen LogP contribution < -0.4 is 0 Å². The maximum atomic E-state index is 11.9. The second-order valence-electron chi connectivity index (χ2n) is 3.95. The molecule has 3 aromatic heterocycles. The fraction of sp³-hybridized carbons (Fsp3) is 0.154. The molecular weight excluding hydrogens is 294 g/mol. The molecule has 0 atom stereocenters. The fourth-order valence-electron chi connectivity index (χ4n) is 1.62. The molecule has 0 amide bonds. The summed E-state index contributed by atoms with van der Waals surface area (Å²) in [5.74, 6) is -0.394. The van der Waals surface area contributed by atoms with E-state index < -0.39 is 5.97 Å². The normalized spacial score (nSPS) is 10.6. The number of thiophene rings is 1. The van der Waals surface area contributed by atoms with E-state index in [2.05, 4.69) is 10.1 Å². The average Bonchev–Trinajstić information content (AvgIpc) is 3.20. The molecule has 3 aromatic rings. The van der Waals surface area contributed by atoms with Crippen molar-refractivity contribution in [1.29, 1.82) is 0 Å². The average molecular weight is 305 g/mol. The van der Waals surface area contributed by atoms with Crippen molar-refractivity contribution in [2.24, 2.45) is 0 Å². The summed E-state index contributed by atoms with van der Waals surface area (Å²) in [4.78, 5) is 16.1. The minimum Gasteiger partial charge on any atom is -0.459 e. The van der Waals surface area contributed by atoms with Crippen molar-refractivity contribution in [3.63, 3.8) is 0 Å². The van der Waals surface area contributed by atoms with E-state index in [1.54, 1.807) is 27.6 Å². The van der Waals surface area contributed by atoms with Gasteiger partial charge in [-0.25, -0.2) is 9.78 Å². The molecule has 0 aliphatic carbocycles. The number of carbonyl (C=O) groups is 1. The highest BCUT2D eigenvalue weighted by Gasteiger charge is 2.13. The van der Waals surface area contributed by atoms with Crippen molar-refractivity contribution in [2.45, 2.75) is 6.54 Å². The summed E-state index contributed by atoms with van der Waals surface area (Å²) in [7, 11) is 0. The molecule has 0 radical (unpaired) electrons. The van der Waals surface area contributed by atoms with Gasteiger partial charge in [0.15, 0.2) is 5.69 Å². The number of carbonyl (C=O) groups excluding carboxylic acids is 1. The van der Waals surface area contributed by atoms with Gasteiger partial charge in [-0.1, -0.05) is 0 Å². The molecule has 0 saturated heterocycles. The molecule has 3 heterocycles. The third-order valence-corrected chi connectivity index (χ3v) is 4.17. The largest absolute Gasteiger partial charge is 0.459 e. The molecule has 0 aromatic carbocycles. The molecule has 7 heteroatoms. The predicted octanol–water partition coefficient (Wildman–Crippen LogP) is 2.93. The minimum atomic E-state index is -0.394. The van der Waals surface area contributed by atoms with Crippen LogP contribution in [0.15, 0.2) is 40.7 Å². The topological polar surface area (TPSA) is 57.0 Å². The lowest BCUT2D eigenvalue weighted by Gasteiger charge is -2.02. The van der Waals surface area contributed by atoms with Gasteiger partial charge >= 0.3 is 5.97 Å². The number of esters is 1.